The van der Waals surface area contributed by atoms with Crippen LogP contribution in [0.15, 0.2) is 61.1 Å². The molecular weight excluding hydrogens is 314 g/mol. The van der Waals surface area contributed by atoms with Crippen LogP contribution in [0.3, 0.4) is 0 Å². The number of carbonyl (C=O) groups excluding carboxylic acids is 1. The Kier molecular flexibility index (Phi) is 5.31. The van der Waals surface area contributed by atoms with Gasteiger partial charge in [0.1, 0.15) is 5.69 Å². The molecule has 0 atom stereocenters. The molecule has 3 rings (SSSR count). The Morgan fingerprint density at radius 3 is 2.48 bits per heavy atom. The summed E-state index contributed by atoms with van der Waals surface area (Å²) in [6.07, 6.45) is 5.63. The van der Waals surface area contributed by atoms with E-state index in [-0.39, 0.29) is 11.6 Å². The van der Waals surface area contributed by atoms with Crippen LogP contribution in [0, 0.1) is 6.92 Å². The summed E-state index contributed by atoms with van der Waals surface area (Å²) in [7, 11) is 0. The van der Waals surface area contributed by atoms with E-state index in [2.05, 4.69) is 25.6 Å². The van der Waals surface area contributed by atoms with Crippen LogP contribution in [0.5, 0.6) is 0 Å². The Labute approximate surface area is 146 Å². The molecule has 0 saturated carbocycles. The van der Waals surface area contributed by atoms with Gasteiger partial charge in [-0.2, -0.15) is 0 Å². The number of hydrogen-bond acceptors (Lipinski definition) is 5. The lowest BCUT2D eigenvalue weighted by atomic mass is 10.2. The largest absolute Gasteiger partial charge is 0.383 e. The number of aryl methyl sites for hydroxylation is 1. The van der Waals surface area contributed by atoms with Crippen LogP contribution >= 0.6 is 0 Å². The highest BCUT2D eigenvalue weighted by Crippen LogP contribution is 2.21. The first-order chi connectivity index (χ1) is 12.2. The molecule has 3 aromatic rings. The maximum atomic E-state index is 12.3. The average Bonchev–Trinajstić information content (AvgIpc) is 2.64. The van der Waals surface area contributed by atoms with E-state index in [4.69, 9.17) is 0 Å². The molecule has 25 heavy (non-hydrogen) atoms. The molecular formula is C19H19N5O. The summed E-state index contributed by atoms with van der Waals surface area (Å²) in [4.78, 5) is 24.8. The number of para-hydroxylation sites is 2. The minimum absolute atomic E-state index is 0.286. The number of nitrogens with zero attached hydrogens (tertiary/aromatic N) is 3. The van der Waals surface area contributed by atoms with Crippen molar-refractivity contribution < 1.29 is 4.79 Å². The fraction of sp³-hybridized carbons (Fsp3) is 0.158. The number of benzene rings is 1. The van der Waals surface area contributed by atoms with Crippen LogP contribution in [-0.4, -0.2) is 27.4 Å². The zero-order valence-corrected chi connectivity index (χ0v) is 13.9. The normalized spacial score (nSPS) is 10.3. The molecule has 6 nitrogen and oxygen atoms in total. The fourth-order valence-corrected chi connectivity index (χ4v) is 2.31. The molecule has 1 amide bonds. The van der Waals surface area contributed by atoms with Crippen molar-refractivity contribution in [2.45, 2.75) is 13.3 Å². The van der Waals surface area contributed by atoms with Crippen molar-refractivity contribution in [1.29, 1.82) is 0 Å². The standard InChI is InChI=1S/C19H19N5O/c1-14-12-23-18(13-22-14)19(25)24-17-8-3-2-7-16(17)21-11-9-15-6-4-5-10-20-15/h2-8,10,12-13,21H,9,11H2,1H3,(H,24,25). The molecule has 126 valence electrons. The summed E-state index contributed by atoms with van der Waals surface area (Å²) in [6, 6.07) is 13.4. The van der Waals surface area contributed by atoms with Gasteiger partial charge in [0.15, 0.2) is 0 Å². The van der Waals surface area contributed by atoms with E-state index in [1.807, 2.05) is 49.4 Å². The number of amides is 1. The van der Waals surface area contributed by atoms with Gasteiger partial charge in [0.05, 0.1) is 23.3 Å². The smallest absolute Gasteiger partial charge is 0.275 e. The molecule has 0 radical (unpaired) electrons. The second-order valence-electron chi connectivity index (χ2n) is 5.54. The van der Waals surface area contributed by atoms with Crippen LogP contribution in [0.4, 0.5) is 11.4 Å². The first kappa shape index (κ1) is 16.6. The van der Waals surface area contributed by atoms with Crippen molar-refractivity contribution in [1.82, 2.24) is 15.0 Å². The number of carbonyl (C=O) groups is 1. The van der Waals surface area contributed by atoms with Gasteiger partial charge in [0.25, 0.3) is 5.91 Å². The third-order valence-corrected chi connectivity index (χ3v) is 3.61. The summed E-state index contributed by atoms with van der Waals surface area (Å²) >= 11 is 0. The zero-order valence-electron chi connectivity index (χ0n) is 13.9. The van der Waals surface area contributed by atoms with Crippen molar-refractivity contribution >= 4 is 17.3 Å². The van der Waals surface area contributed by atoms with Crippen LogP contribution in [0.25, 0.3) is 0 Å². The van der Waals surface area contributed by atoms with Gasteiger partial charge >= 0.3 is 0 Å². The van der Waals surface area contributed by atoms with E-state index >= 15 is 0 Å². The third kappa shape index (κ3) is 4.60. The maximum absolute atomic E-state index is 12.3. The molecule has 0 saturated heterocycles. The number of aromatic nitrogens is 3. The quantitative estimate of drug-likeness (QED) is 0.724. The summed E-state index contributed by atoms with van der Waals surface area (Å²) in [5.74, 6) is -0.286. The van der Waals surface area contributed by atoms with Gasteiger partial charge in [-0.15, -0.1) is 0 Å². The highest BCUT2D eigenvalue weighted by atomic mass is 16.1. The van der Waals surface area contributed by atoms with Crippen molar-refractivity contribution in [3.63, 3.8) is 0 Å². The van der Waals surface area contributed by atoms with E-state index < -0.39 is 0 Å². The predicted octanol–water partition coefficient (Wildman–Crippen LogP) is 3.09. The summed E-state index contributed by atoms with van der Waals surface area (Å²) in [5, 5.41) is 6.21. The van der Waals surface area contributed by atoms with Crippen molar-refractivity contribution in [2.75, 3.05) is 17.2 Å². The molecule has 2 N–H and O–H groups in total. The van der Waals surface area contributed by atoms with E-state index in [9.17, 15) is 4.79 Å². The number of nitrogens with one attached hydrogen (secondary N) is 2. The molecule has 0 spiro atoms. The Morgan fingerprint density at radius 1 is 0.960 bits per heavy atom. The van der Waals surface area contributed by atoms with Crippen molar-refractivity contribution in [2.24, 2.45) is 0 Å². The van der Waals surface area contributed by atoms with Gasteiger partial charge in [-0.3, -0.25) is 14.8 Å². The van der Waals surface area contributed by atoms with Gasteiger partial charge < -0.3 is 10.6 Å². The maximum Gasteiger partial charge on any atom is 0.275 e. The number of hydrogen-bond donors (Lipinski definition) is 2. The Hall–Kier alpha value is -3.28. The topological polar surface area (TPSA) is 79.8 Å². The summed E-state index contributed by atoms with van der Waals surface area (Å²) in [6.45, 7) is 2.55. The molecule has 0 fully saturated rings. The summed E-state index contributed by atoms with van der Waals surface area (Å²) in [5.41, 5.74) is 3.64. The van der Waals surface area contributed by atoms with Crippen molar-refractivity contribution in [3.05, 3.63) is 78.1 Å². The molecule has 0 unspecified atom stereocenters. The third-order valence-electron chi connectivity index (χ3n) is 3.61. The minimum atomic E-state index is -0.286. The monoisotopic (exact) mass is 333 g/mol. The zero-order chi connectivity index (χ0) is 17.5. The first-order valence-corrected chi connectivity index (χ1v) is 8.05. The lowest BCUT2D eigenvalue weighted by Crippen LogP contribution is -2.16. The minimum Gasteiger partial charge on any atom is -0.383 e. The predicted molar refractivity (Wildman–Crippen MR) is 97.6 cm³/mol. The molecule has 0 aliphatic heterocycles. The molecule has 2 aromatic heterocycles. The van der Waals surface area contributed by atoms with Gasteiger partial charge in [-0.05, 0) is 31.2 Å². The Balaban J connectivity index is 1.64. The number of rotatable bonds is 6. The van der Waals surface area contributed by atoms with E-state index in [1.54, 1.807) is 12.4 Å². The highest BCUT2D eigenvalue weighted by molar-refractivity contribution is 6.04. The van der Waals surface area contributed by atoms with Gasteiger partial charge in [-0.1, -0.05) is 18.2 Å². The van der Waals surface area contributed by atoms with Crippen LogP contribution in [0.2, 0.25) is 0 Å². The molecule has 2 heterocycles. The second kappa shape index (κ2) is 8.01. The Morgan fingerprint density at radius 2 is 1.76 bits per heavy atom. The van der Waals surface area contributed by atoms with Gasteiger partial charge in [-0.25, -0.2) is 4.98 Å². The van der Waals surface area contributed by atoms with Crippen LogP contribution in [-0.2, 0) is 6.42 Å². The molecule has 0 aliphatic carbocycles. The molecule has 0 aliphatic rings. The van der Waals surface area contributed by atoms with Gasteiger partial charge in [0.2, 0.25) is 0 Å². The number of anilines is 2. The SMILES string of the molecule is Cc1cnc(C(=O)Nc2ccccc2NCCc2ccccn2)cn1. The lowest BCUT2D eigenvalue weighted by molar-refractivity contribution is 0.102. The Bertz CT molecular complexity index is 834. The van der Waals surface area contributed by atoms with Crippen LogP contribution < -0.4 is 10.6 Å². The van der Waals surface area contributed by atoms with E-state index in [0.29, 0.717) is 12.2 Å². The molecule has 1 aromatic carbocycles. The number of pyridine rings is 1. The van der Waals surface area contributed by atoms with Crippen molar-refractivity contribution in [3.8, 4) is 0 Å². The highest BCUT2D eigenvalue weighted by Gasteiger charge is 2.10. The average molecular weight is 333 g/mol. The fourth-order valence-electron chi connectivity index (χ4n) is 2.31. The first-order valence-electron chi connectivity index (χ1n) is 8.05. The van der Waals surface area contributed by atoms with E-state index in [1.165, 1.54) is 6.20 Å². The van der Waals surface area contributed by atoms with Crippen LogP contribution in [0.1, 0.15) is 21.9 Å². The second-order valence-corrected chi connectivity index (χ2v) is 5.54. The molecule has 0 bridgehead atoms. The molecule has 6 heteroatoms. The van der Waals surface area contributed by atoms with E-state index in [0.717, 1.165) is 23.5 Å². The van der Waals surface area contributed by atoms with Gasteiger partial charge in [0, 0.05) is 31.1 Å². The lowest BCUT2D eigenvalue weighted by Gasteiger charge is -2.12. The summed E-state index contributed by atoms with van der Waals surface area (Å²) < 4.78 is 0.